The molecule has 0 unspecified atom stereocenters. The lowest BCUT2D eigenvalue weighted by Crippen LogP contribution is -2.10. The van der Waals surface area contributed by atoms with E-state index in [1.165, 1.54) is 0 Å². The summed E-state index contributed by atoms with van der Waals surface area (Å²) in [6.45, 7) is 0. The number of carbonyl (C=O) groups excluding carboxylic acids is 1. The maximum atomic E-state index is 12.1. The molecule has 2 rings (SSSR count). The van der Waals surface area contributed by atoms with E-state index in [0.717, 1.165) is 36.4 Å². The molecule has 0 spiro atoms. The Morgan fingerprint density at radius 3 is 2.00 bits per heavy atom. The molecule has 1 aliphatic rings. The fourth-order valence-electron chi connectivity index (χ4n) is 1.53. The summed E-state index contributed by atoms with van der Waals surface area (Å²) in [5, 5.41) is 10.0. The second-order valence-corrected chi connectivity index (χ2v) is 6.47. The van der Waals surface area contributed by atoms with Crippen LogP contribution in [0, 0.1) is 10.1 Å². The largest absolute Gasteiger partial charge is 0.287 e. The normalized spacial score (nSPS) is 15.2. The second-order valence-electron chi connectivity index (χ2n) is 4.06. The van der Waals surface area contributed by atoms with Crippen molar-refractivity contribution >= 4 is 50.4 Å². The Morgan fingerprint density at radius 1 is 1.05 bits per heavy atom. The molecule has 7 nitrogen and oxygen atoms in total. The van der Waals surface area contributed by atoms with Gasteiger partial charge in [-0.15, -0.1) is 0 Å². The van der Waals surface area contributed by atoms with Gasteiger partial charge in [-0.2, -0.15) is 12.8 Å². The Labute approximate surface area is 134 Å². The van der Waals surface area contributed by atoms with Gasteiger partial charge in [0.25, 0.3) is 15.7 Å². The zero-order chi connectivity index (χ0) is 16.5. The molecule has 10 heteroatoms. The molecule has 0 atom stereocenters. The van der Waals surface area contributed by atoms with Gasteiger partial charge < -0.3 is 0 Å². The number of Topliss-reactive ketones (excluding diaryl/α,β-unsaturated/α-hetero) is 1. The predicted molar refractivity (Wildman–Crippen MR) is 80.6 cm³/mol. The number of carbonyl (C=O) groups is 1. The van der Waals surface area contributed by atoms with Crippen molar-refractivity contribution in [1.82, 2.24) is 0 Å². The van der Waals surface area contributed by atoms with E-state index >= 15 is 0 Å². The maximum absolute atomic E-state index is 12.1. The lowest BCUT2D eigenvalue weighted by Gasteiger charge is -2.06. The van der Waals surface area contributed by atoms with Crippen LogP contribution < -0.4 is 0 Å². The van der Waals surface area contributed by atoms with Gasteiger partial charge in [-0.1, -0.05) is 23.2 Å². The van der Waals surface area contributed by atoms with Gasteiger partial charge in [0.2, 0.25) is 5.78 Å². The molecular weight excluding hydrogens is 355 g/mol. The third-order valence-electron chi connectivity index (χ3n) is 2.55. The van der Waals surface area contributed by atoms with Crippen molar-refractivity contribution in [3.8, 4) is 0 Å². The molecule has 1 aromatic carbocycles. The van der Waals surface area contributed by atoms with Crippen LogP contribution in [-0.4, -0.2) is 24.8 Å². The molecule has 0 bridgehead atoms. The molecule has 1 aliphatic carbocycles. The van der Waals surface area contributed by atoms with E-state index in [1.54, 1.807) is 0 Å². The molecule has 0 aliphatic heterocycles. The second kappa shape index (κ2) is 5.99. The summed E-state index contributed by atoms with van der Waals surface area (Å²) in [5.41, 5.74) is -0.367. The van der Waals surface area contributed by atoms with Gasteiger partial charge in [0, 0.05) is 12.1 Å². The van der Waals surface area contributed by atoms with E-state index < -0.39 is 20.7 Å². The molecule has 0 heterocycles. The van der Waals surface area contributed by atoms with Crippen LogP contribution in [0.15, 0.2) is 55.8 Å². The van der Waals surface area contributed by atoms with Gasteiger partial charge in [0.15, 0.2) is 0 Å². The molecule has 0 aromatic heterocycles. The van der Waals surface area contributed by atoms with Crippen LogP contribution in [0.4, 0.5) is 5.69 Å². The first-order valence-corrected chi connectivity index (χ1v) is 7.79. The fraction of sp³-hybridized carbons (Fsp3) is 0. The number of nitrogens with zero attached hydrogens (tertiary/aromatic N) is 2. The Morgan fingerprint density at radius 2 is 1.55 bits per heavy atom. The zero-order valence-electron chi connectivity index (χ0n) is 10.6. The fourth-order valence-corrected chi connectivity index (χ4v) is 2.97. The Kier molecular flexibility index (Phi) is 4.45. The van der Waals surface area contributed by atoms with Gasteiger partial charge in [-0.05, 0) is 24.3 Å². The van der Waals surface area contributed by atoms with Gasteiger partial charge >= 0.3 is 0 Å². The monoisotopic (exact) mass is 360 g/mol. The molecular formula is C12H6Cl2N2O5S. The number of nitro groups is 1. The predicted octanol–water partition coefficient (Wildman–Crippen LogP) is 2.55. The first-order valence-electron chi connectivity index (χ1n) is 5.59. The molecule has 114 valence electrons. The van der Waals surface area contributed by atoms with E-state index in [0.29, 0.717) is 0 Å². The van der Waals surface area contributed by atoms with Crippen LogP contribution in [0.1, 0.15) is 0 Å². The summed E-state index contributed by atoms with van der Waals surface area (Å²) in [4.78, 5) is 21.0. The molecule has 0 fully saturated rings. The Hall–Kier alpha value is -2.03. The summed E-state index contributed by atoms with van der Waals surface area (Å²) in [5.74, 6) is -0.630. The van der Waals surface area contributed by atoms with Crippen LogP contribution in [0.5, 0.6) is 0 Å². The first kappa shape index (κ1) is 16.3. The number of rotatable bonds is 3. The van der Waals surface area contributed by atoms with E-state index in [1.807, 2.05) is 0 Å². The van der Waals surface area contributed by atoms with Gasteiger partial charge in [0.05, 0.1) is 25.6 Å². The van der Waals surface area contributed by atoms with Crippen LogP contribution >= 0.6 is 23.2 Å². The van der Waals surface area contributed by atoms with E-state index in [2.05, 4.69) is 4.40 Å². The van der Waals surface area contributed by atoms with Crippen molar-refractivity contribution in [2.24, 2.45) is 4.40 Å². The van der Waals surface area contributed by atoms with Gasteiger partial charge in [0.1, 0.15) is 0 Å². The molecule has 0 radical (unpaired) electrons. The minimum Gasteiger partial charge on any atom is -0.287 e. The highest BCUT2D eigenvalue weighted by atomic mass is 35.5. The Bertz CT molecular complexity index is 830. The smallest absolute Gasteiger partial charge is 0.282 e. The van der Waals surface area contributed by atoms with E-state index in [-0.39, 0.29) is 26.4 Å². The van der Waals surface area contributed by atoms with Gasteiger partial charge in [-0.3, -0.25) is 14.9 Å². The minimum atomic E-state index is -4.12. The number of nitro benzene ring substituents is 1. The summed E-state index contributed by atoms with van der Waals surface area (Å²) < 4.78 is 27.7. The maximum Gasteiger partial charge on any atom is 0.282 e. The van der Waals surface area contributed by atoms with E-state index in [4.69, 9.17) is 23.2 Å². The van der Waals surface area contributed by atoms with Crippen molar-refractivity contribution in [3.63, 3.8) is 0 Å². The van der Waals surface area contributed by atoms with Crippen molar-refractivity contribution in [2.75, 3.05) is 0 Å². The first-order chi connectivity index (χ1) is 10.2. The molecule has 0 amide bonds. The van der Waals surface area contributed by atoms with Crippen molar-refractivity contribution in [2.45, 2.75) is 4.90 Å². The summed E-state index contributed by atoms with van der Waals surface area (Å²) in [7, 11) is -4.12. The summed E-state index contributed by atoms with van der Waals surface area (Å²) in [6.07, 6.45) is 2.14. The third-order valence-corrected chi connectivity index (χ3v) is 4.43. The van der Waals surface area contributed by atoms with E-state index in [9.17, 15) is 23.3 Å². The third kappa shape index (κ3) is 3.41. The highest BCUT2D eigenvalue weighted by molar-refractivity contribution is 7.90. The average Bonchev–Trinajstić information content (AvgIpc) is 2.44. The topological polar surface area (TPSA) is 107 Å². The van der Waals surface area contributed by atoms with Gasteiger partial charge in [-0.25, -0.2) is 0 Å². The van der Waals surface area contributed by atoms with Crippen molar-refractivity contribution < 1.29 is 18.1 Å². The molecule has 0 saturated heterocycles. The average molecular weight is 361 g/mol. The molecule has 0 N–H and O–H groups in total. The Balaban J connectivity index is 2.41. The number of non-ortho nitro benzene ring substituents is 1. The number of halogens is 2. The SMILES string of the molecule is O=C1C(Cl)=CC(=NS(=O)(=O)c2ccc([N+](=O)[O-])cc2)C=C1Cl. The zero-order valence-corrected chi connectivity index (χ0v) is 12.9. The standard InChI is InChI=1S/C12H6Cl2N2O5S/c13-10-5-7(6-11(14)12(10)17)15-22(20,21)9-3-1-8(2-4-9)16(18)19/h1-6H. The number of ketones is 1. The summed E-state index contributed by atoms with van der Waals surface area (Å²) >= 11 is 11.2. The summed E-state index contributed by atoms with van der Waals surface area (Å²) in [6, 6.07) is 4.20. The number of benzene rings is 1. The minimum absolute atomic E-state index is 0.118. The number of hydrogen-bond acceptors (Lipinski definition) is 5. The quantitative estimate of drug-likeness (QED) is 0.467. The lowest BCUT2D eigenvalue weighted by molar-refractivity contribution is -0.384. The molecule has 0 saturated carbocycles. The van der Waals surface area contributed by atoms with Crippen molar-refractivity contribution in [3.05, 3.63) is 56.6 Å². The number of allylic oxidation sites excluding steroid dienone is 4. The number of sulfonamides is 1. The highest BCUT2D eigenvalue weighted by Gasteiger charge is 2.20. The number of hydrogen-bond donors (Lipinski definition) is 0. The lowest BCUT2D eigenvalue weighted by atomic mass is 10.1. The van der Waals surface area contributed by atoms with Crippen molar-refractivity contribution in [1.29, 1.82) is 0 Å². The molecule has 1 aromatic rings. The van der Waals surface area contributed by atoms with Crippen LogP contribution in [0.2, 0.25) is 0 Å². The van der Waals surface area contributed by atoms with Crippen LogP contribution in [-0.2, 0) is 14.8 Å². The highest BCUT2D eigenvalue weighted by Crippen LogP contribution is 2.22. The van der Waals surface area contributed by atoms with Crippen LogP contribution in [0.3, 0.4) is 0 Å². The molecule has 22 heavy (non-hydrogen) atoms. The van der Waals surface area contributed by atoms with Crippen LogP contribution in [0.25, 0.3) is 0 Å².